The fraction of sp³-hybridized carbons (Fsp3) is 0.214. The summed E-state index contributed by atoms with van der Waals surface area (Å²) in [6.07, 6.45) is -6.59. The van der Waals surface area contributed by atoms with Crippen molar-refractivity contribution in [3.8, 4) is 11.3 Å². The summed E-state index contributed by atoms with van der Waals surface area (Å²) in [5.41, 5.74) is 8.86. The van der Waals surface area contributed by atoms with Crippen LogP contribution in [0.4, 0.5) is 27.9 Å². The lowest BCUT2D eigenvalue weighted by molar-refractivity contribution is -0.137. The Morgan fingerprint density at radius 1 is 1.21 bits per heavy atom. The maximum atomic E-state index is 13.3. The topological polar surface area (TPSA) is 90.7 Å². The molecule has 0 spiro atoms. The lowest BCUT2D eigenvalue weighted by Crippen LogP contribution is -2.08. The summed E-state index contributed by atoms with van der Waals surface area (Å²) in [7, 11) is 0. The van der Waals surface area contributed by atoms with E-state index in [4.69, 9.17) is 11.5 Å². The number of benzene rings is 1. The second kappa shape index (κ2) is 6.38. The molecule has 24 heavy (non-hydrogen) atoms. The summed E-state index contributed by atoms with van der Waals surface area (Å²) in [4.78, 5) is 3.84. The Bertz CT molecular complexity index is 782. The van der Waals surface area contributed by atoms with Crippen molar-refractivity contribution in [2.45, 2.75) is 19.5 Å². The molecule has 0 amide bonds. The van der Waals surface area contributed by atoms with Crippen LogP contribution in [0.5, 0.6) is 0 Å². The second-order valence-corrected chi connectivity index (χ2v) is 4.89. The summed E-state index contributed by atoms with van der Waals surface area (Å²) >= 11 is 0. The average Bonchev–Trinajstić information content (AvgIpc) is 2.45. The van der Waals surface area contributed by atoms with Crippen LogP contribution in [-0.2, 0) is 6.18 Å². The van der Waals surface area contributed by atoms with Gasteiger partial charge in [-0.05, 0) is 25.1 Å². The van der Waals surface area contributed by atoms with E-state index in [2.05, 4.69) is 15.2 Å². The van der Waals surface area contributed by atoms with Crippen LogP contribution in [0.25, 0.3) is 17.3 Å². The molecule has 0 saturated heterocycles. The van der Waals surface area contributed by atoms with Crippen LogP contribution in [0.2, 0.25) is 0 Å². The molecule has 2 aromatic rings. The van der Waals surface area contributed by atoms with Crippen molar-refractivity contribution < 1.29 is 22.0 Å². The van der Waals surface area contributed by atoms with Gasteiger partial charge in [0.1, 0.15) is 5.69 Å². The first-order valence-electron chi connectivity index (χ1n) is 6.53. The Hall–Kier alpha value is -2.78. The number of alkyl halides is 5. The van der Waals surface area contributed by atoms with Crippen LogP contribution >= 0.6 is 0 Å². The van der Waals surface area contributed by atoms with E-state index < -0.39 is 23.7 Å². The summed E-state index contributed by atoms with van der Waals surface area (Å²) in [5, 5.41) is 7.16. The van der Waals surface area contributed by atoms with Crippen molar-refractivity contribution >= 4 is 12.0 Å². The Labute approximate surface area is 133 Å². The molecule has 5 nitrogen and oxygen atoms in total. The first-order valence-corrected chi connectivity index (χ1v) is 6.53. The number of nitrogen functional groups attached to an aromatic ring is 1. The monoisotopic (exact) mass is 345 g/mol. The van der Waals surface area contributed by atoms with Crippen LogP contribution in [0.1, 0.15) is 30.2 Å². The maximum Gasteiger partial charge on any atom is 0.416 e. The minimum Gasteiger partial charge on any atom is -0.402 e. The molecule has 4 N–H and O–H groups in total. The molecule has 1 aromatic carbocycles. The highest BCUT2D eigenvalue weighted by Crippen LogP contribution is 2.37. The van der Waals surface area contributed by atoms with Gasteiger partial charge in [-0.1, -0.05) is 6.07 Å². The summed E-state index contributed by atoms with van der Waals surface area (Å²) in [5.74, 6) is -0.225. The van der Waals surface area contributed by atoms with Crippen molar-refractivity contribution in [2.24, 2.45) is 5.73 Å². The quantitative estimate of drug-likeness (QED) is 0.832. The molecule has 0 aliphatic heterocycles. The van der Waals surface area contributed by atoms with Gasteiger partial charge in [-0.25, -0.2) is 13.8 Å². The molecule has 1 heterocycles. The predicted molar refractivity (Wildman–Crippen MR) is 77.5 cm³/mol. The summed E-state index contributed by atoms with van der Waals surface area (Å²) < 4.78 is 64.7. The second-order valence-electron chi connectivity index (χ2n) is 4.89. The molecule has 10 heteroatoms. The number of halogens is 5. The molecular formula is C14H12F5N5. The molecule has 0 unspecified atom stereocenters. The largest absolute Gasteiger partial charge is 0.416 e. The van der Waals surface area contributed by atoms with E-state index in [1.807, 2.05) is 0 Å². The van der Waals surface area contributed by atoms with E-state index in [1.165, 1.54) is 13.0 Å². The van der Waals surface area contributed by atoms with Crippen LogP contribution in [0, 0.1) is 0 Å². The highest BCUT2D eigenvalue weighted by Gasteiger charge is 2.32. The standard InChI is InChI=1S/C14H12F5N5/c1-6(20)4-10-11(23-24-13(21)22-10)8-3-2-7(14(17,18)19)5-9(8)12(15)16/h2-5,12H,20H2,1H3,(H2,21,22,24). The molecule has 1 aromatic heterocycles. The van der Waals surface area contributed by atoms with Crippen LogP contribution in [-0.4, -0.2) is 15.2 Å². The third-order valence-corrected chi connectivity index (χ3v) is 2.96. The Balaban J connectivity index is 2.71. The van der Waals surface area contributed by atoms with Gasteiger partial charge in [0.15, 0.2) is 0 Å². The number of hydrogen-bond acceptors (Lipinski definition) is 5. The lowest BCUT2D eigenvalue weighted by Gasteiger charge is -2.14. The lowest BCUT2D eigenvalue weighted by atomic mass is 9.99. The summed E-state index contributed by atoms with van der Waals surface area (Å²) in [6.45, 7) is 1.52. The minimum atomic E-state index is -4.75. The van der Waals surface area contributed by atoms with Crippen molar-refractivity contribution in [1.82, 2.24) is 15.2 Å². The molecule has 0 bridgehead atoms. The zero-order chi connectivity index (χ0) is 18.1. The van der Waals surface area contributed by atoms with Gasteiger partial charge in [-0.3, -0.25) is 0 Å². The molecular weight excluding hydrogens is 333 g/mol. The van der Waals surface area contributed by atoms with Gasteiger partial charge in [-0.15, -0.1) is 10.2 Å². The minimum absolute atomic E-state index is 0.0316. The number of rotatable bonds is 3. The summed E-state index contributed by atoms with van der Waals surface area (Å²) in [6, 6.07) is 1.96. The maximum absolute atomic E-state index is 13.3. The van der Waals surface area contributed by atoms with Gasteiger partial charge < -0.3 is 11.5 Å². The van der Waals surface area contributed by atoms with Crippen molar-refractivity contribution in [1.29, 1.82) is 0 Å². The molecule has 0 aliphatic rings. The molecule has 0 atom stereocenters. The third-order valence-electron chi connectivity index (χ3n) is 2.96. The first-order chi connectivity index (χ1) is 11.1. The van der Waals surface area contributed by atoms with E-state index in [-0.39, 0.29) is 28.6 Å². The van der Waals surface area contributed by atoms with Gasteiger partial charge >= 0.3 is 6.18 Å². The Morgan fingerprint density at radius 2 is 1.88 bits per heavy atom. The predicted octanol–water partition coefficient (Wildman–Crippen LogP) is 3.40. The third kappa shape index (κ3) is 3.76. The van der Waals surface area contributed by atoms with E-state index in [9.17, 15) is 22.0 Å². The molecule has 128 valence electrons. The zero-order valence-electron chi connectivity index (χ0n) is 12.3. The number of anilines is 1. The smallest absolute Gasteiger partial charge is 0.402 e. The fourth-order valence-corrected chi connectivity index (χ4v) is 1.99. The number of hydrogen-bond donors (Lipinski definition) is 2. The van der Waals surface area contributed by atoms with Gasteiger partial charge in [0.05, 0.1) is 11.3 Å². The highest BCUT2D eigenvalue weighted by molar-refractivity contribution is 5.73. The van der Waals surface area contributed by atoms with Crippen LogP contribution in [0.15, 0.2) is 23.9 Å². The van der Waals surface area contributed by atoms with Crippen LogP contribution in [0.3, 0.4) is 0 Å². The van der Waals surface area contributed by atoms with Crippen LogP contribution < -0.4 is 11.5 Å². The Kier molecular flexibility index (Phi) is 4.67. The van der Waals surface area contributed by atoms with Crippen molar-refractivity contribution in [2.75, 3.05) is 5.73 Å². The van der Waals surface area contributed by atoms with Gasteiger partial charge in [-0.2, -0.15) is 13.2 Å². The molecule has 0 radical (unpaired) electrons. The number of nitrogens with two attached hydrogens (primary N) is 2. The highest BCUT2D eigenvalue weighted by atomic mass is 19.4. The SMILES string of the molecule is CC(N)=Cc1nc(N)nnc1-c1ccc(C(F)(F)F)cc1C(F)F. The molecule has 0 aliphatic carbocycles. The van der Waals surface area contributed by atoms with E-state index in [1.54, 1.807) is 0 Å². The van der Waals surface area contributed by atoms with E-state index in [0.29, 0.717) is 12.1 Å². The van der Waals surface area contributed by atoms with Gasteiger partial charge in [0.25, 0.3) is 6.43 Å². The Morgan fingerprint density at radius 3 is 2.42 bits per heavy atom. The average molecular weight is 345 g/mol. The fourth-order valence-electron chi connectivity index (χ4n) is 1.99. The number of nitrogens with zero attached hydrogens (tertiary/aromatic N) is 3. The van der Waals surface area contributed by atoms with Gasteiger partial charge in [0, 0.05) is 16.8 Å². The molecule has 0 saturated carbocycles. The molecule has 0 fully saturated rings. The van der Waals surface area contributed by atoms with E-state index >= 15 is 0 Å². The first kappa shape index (κ1) is 17.6. The number of allylic oxidation sites excluding steroid dienone is 1. The molecule has 2 rings (SSSR count). The van der Waals surface area contributed by atoms with Crippen molar-refractivity contribution in [3.63, 3.8) is 0 Å². The zero-order valence-corrected chi connectivity index (χ0v) is 12.3. The van der Waals surface area contributed by atoms with Gasteiger partial charge in [0.2, 0.25) is 5.95 Å². The number of aromatic nitrogens is 3. The van der Waals surface area contributed by atoms with Crippen molar-refractivity contribution in [3.05, 3.63) is 40.7 Å². The normalized spacial score (nSPS) is 12.7. The van der Waals surface area contributed by atoms with E-state index in [0.717, 1.165) is 6.07 Å².